The summed E-state index contributed by atoms with van der Waals surface area (Å²) in [6.45, 7) is 4.33. The Balaban J connectivity index is 2.26. The maximum absolute atomic E-state index is 12.2. The Morgan fingerprint density at radius 3 is 2.78 bits per heavy atom. The lowest BCUT2D eigenvalue weighted by atomic mass is 9.99. The molecule has 0 N–H and O–H groups in total. The summed E-state index contributed by atoms with van der Waals surface area (Å²) in [6, 6.07) is 9.39. The summed E-state index contributed by atoms with van der Waals surface area (Å²) in [5.74, 6) is 0.525. The van der Waals surface area contributed by atoms with Crippen LogP contribution in [-0.4, -0.2) is 15.8 Å². The normalized spacial score (nSPS) is 10.6. The number of benzene rings is 1. The van der Waals surface area contributed by atoms with Gasteiger partial charge in [0.2, 0.25) is 5.78 Å². The Morgan fingerprint density at radius 2 is 2.11 bits per heavy atom. The van der Waals surface area contributed by atoms with E-state index in [1.54, 1.807) is 12.3 Å². The van der Waals surface area contributed by atoms with Crippen LogP contribution in [0.4, 0.5) is 0 Å². The lowest BCUT2D eigenvalue weighted by molar-refractivity contribution is 0.103. The summed E-state index contributed by atoms with van der Waals surface area (Å²) in [6.07, 6.45) is 3.95. The van der Waals surface area contributed by atoms with Gasteiger partial charge in [0.1, 0.15) is 12.0 Å². The van der Waals surface area contributed by atoms with Gasteiger partial charge in [0.05, 0.1) is 0 Å². The maximum Gasteiger partial charge on any atom is 0.211 e. The largest absolute Gasteiger partial charge is 0.287 e. The van der Waals surface area contributed by atoms with Gasteiger partial charge in [-0.25, -0.2) is 9.97 Å². The number of aromatic nitrogens is 2. The predicted octanol–water partition coefficient (Wildman–Crippen LogP) is 2.91. The second-order valence-electron chi connectivity index (χ2n) is 4.72. The van der Waals surface area contributed by atoms with E-state index in [1.165, 1.54) is 11.9 Å². The highest BCUT2D eigenvalue weighted by molar-refractivity contribution is 6.07. The van der Waals surface area contributed by atoms with Crippen molar-refractivity contribution in [3.05, 3.63) is 59.7 Å². The topological polar surface area (TPSA) is 42.9 Å². The average molecular weight is 240 g/mol. The highest BCUT2D eigenvalue weighted by Crippen LogP contribution is 2.13. The van der Waals surface area contributed by atoms with Gasteiger partial charge in [0, 0.05) is 11.8 Å². The monoisotopic (exact) mass is 240 g/mol. The minimum atomic E-state index is -0.0528. The summed E-state index contributed by atoms with van der Waals surface area (Å²) in [5, 5.41) is 0. The summed E-state index contributed by atoms with van der Waals surface area (Å²) >= 11 is 0. The highest BCUT2D eigenvalue weighted by atomic mass is 16.1. The zero-order chi connectivity index (χ0) is 13.0. The van der Waals surface area contributed by atoms with E-state index < -0.39 is 0 Å². The van der Waals surface area contributed by atoms with E-state index >= 15 is 0 Å². The van der Waals surface area contributed by atoms with Crippen LogP contribution in [0.3, 0.4) is 0 Å². The van der Waals surface area contributed by atoms with E-state index in [-0.39, 0.29) is 5.78 Å². The number of ketones is 1. The molecule has 0 spiro atoms. The summed E-state index contributed by atoms with van der Waals surface area (Å²) in [4.78, 5) is 20.0. The van der Waals surface area contributed by atoms with Crippen molar-refractivity contribution in [2.75, 3.05) is 0 Å². The van der Waals surface area contributed by atoms with E-state index in [2.05, 4.69) is 29.9 Å². The summed E-state index contributed by atoms with van der Waals surface area (Å²) in [5.41, 5.74) is 2.31. The minimum Gasteiger partial charge on any atom is -0.287 e. The molecule has 0 aliphatic carbocycles. The van der Waals surface area contributed by atoms with Crippen molar-refractivity contribution in [2.45, 2.75) is 20.3 Å². The van der Waals surface area contributed by atoms with E-state index in [0.29, 0.717) is 17.2 Å². The van der Waals surface area contributed by atoms with Crippen LogP contribution in [-0.2, 0) is 6.42 Å². The van der Waals surface area contributed by atoms with Crippen molar-refractivity contribution >= 4 is 5.78 Å². The molecule has 0 aliphatic rings. The molecule has 0 bridgehead atoms. The van der Waals surface area contributed by atoms with Gasteiger partial charge in [0.25, 0.3) is 0 Å². The van der Waals surface area contributed by atoms with Crippen molar-refractivity contribution < 1.29 is 4.79 Å². The molecule has 3 nitrogen and oxygen atoms in total. The minimum absolute atomic E-state index is 0.0528. The summed E-state index contributed by atoms with van der Waals surface area (Å²) in [7, 11) is 0. The molecular weight excluding hydrogens is 224 g/mol. The Labute approximate surface area is 107 Å². The zero-order valence-electron chi connectivity index (χ0n) is 10.6. The molecule has 0 fully saturated rings. The van der Waals surface area contributed by atoms with Crippen molar-refractivity contribution in [3.8, 4) is 0 Å². The van der Waals surface area contributed by atoms with Gasteiger partial charge in [-0.2, -0.15) is 0 Å². The third-order valence-electron chi connectivity index (χ3n) is 2.65. The fourth-order valence-corrected chi connectivity index (χ4v) is 1.88. The van der Waals surface area contributed by atoms with Crippen LogP contribution in [0, 0.1) is 5.92 Å². The molecule has 1 aromatic carbocycles. The van der Waals surface area contributed by atoms with Crippen LogP contribution in [0.1, 0.15) is 35.5 Å². The molecule has 0 saturated carbocycles. The fraction of sp³-hybridized carbons (Fsp3) is 0.267. The molecule has 0 aliphatic heterocycles. The Bertz CT molecular complexity index is 535. The van der Waals surface area contributed by atoms with Gasteiger partial charge in [-0.15, -0.1) is 0 Å². The molecule has 92 valence electrons. The first-order valence-corrected chi connectivity index (χ1v) is 6.06. The van der Waals surface area contributed by atoms with Crippen LogP contribution in [0.2, 0.25) is 0 Å². The fourth-order valence-electron chi connectivity index (χ4n) is 1.88. The number of carbonyl (C=O) groups is 1. The first-order valence-electron chi connectivity index (χ1n) is 6.06. The van der Waals surface area contributed by atoms with Gasteiger partial charge >= 0.3 is 0 Å². The Kier molecular flexibility index (Phi) is 3.82. The maximum atomic E-state index is 12.2. The molecule has 0 saturated heterocycles. The van der Waals surface area contributed by atoms with Gasteiger partial charge in [0.15, 0.2) is 0 Å². The standard InChI is InChI=1S/C15H16N2O/c1-11(2)8-12-4-3-5-13(9-12)15(18)14-6-7-16-10-17-14/h3-7,9-11H,8H2,1-2H3. The van der Waals surface area contributed by atoms with Crippen molar-refractivity contribution in [1.82, 2.24) is 9.97 Å². The first kappa shape index (κ1) is 12.4. The van der Waals surface area contributed by atoms with Gasteiger partial charge in [-0.3, -0.25) is 4.79 Å². The molecule has 3 heteroatoms. The second kappa shape index (κ2) is 5.54. The van der Waals surface area contributed by atoms with Crippen molar-refractivity contribution in [1.29, 1.82) is 0 Å². The molecule has 1 heterocycles. The average Bonchev–Trinajstić information content (AvgIpc) is 2.38. The Hall–Kier alpha value is -2.03. The van der Waals surface area contributed by atoms with Crippen LogP contribution in [0.25, 0.3) is 0 Å². The molecule has 0 unspecified atom stereocenters. The van der Waals surface area contributed by atoms with Crippen LogP contribution in [0.15, 0.2) is 42.9 Å². The predicted molar refractivity (Wildman–Crippen MR) is 70.4 cm³/mol. The molecule has 2 aromatic rings. The SMILES string of the molecule is CC(C)Cc1cccc(C(=O)c2ccncn2)c1. The lowest BCUT2D eigenvalue weighted by Gasteiger charge is -2.06. The molecule has 1 aromatic heterocycles. The number of carbonyl (C=O) groups excluding carboxylic acids is 1. The van der Waals surface area contributed by atoms with Gasteiger partial charge in [-0.05, 0) is 30.0 Å². The van der Waals surface area contributed by atoms with Crippen LogP contribution in [0.5, 0.6) is 0 Å². The number of hydrogen-bond acceptors (Lipinski definition) is 3. The van der Waals surface area contributed by atoms with E-state index in [0.717, 1.165) is 6.42 Å². The third-order valence-corrected chi connectivity index (χ3v) is 2.65. The second-order valence-corrected chi connectivity index (χ2v) is 4.72. The van der Waals surface area contributed by atoms with Crippen molar-refractivity contribution in [3.63, 3.8) is 0 Å². The van der Waals surface area contributed by atoms with Gasteiger partial charge < -0.3 is 0 Å². The van der Waals surface area contributed by atoms with E-state index in [9.17, 15) is 4.79 Å². The zero-order valence-corrected chi connectivity index (χ0v) is 10.6. The molecular formula is C15H16N2O. The third kappa shape index (κ3) is 3.00. The highest BCUT2D eigenvalue weighted by Gasteiger charge is 2.10. The number of hydrogen-bond donors (Lipinski definition) is 0. The molecule has 0 amide bonds. The summed E-state index contributed by atoms with van der Waals surface area (Å²) < 4.78 is 0. The van der Waals surface area contributed by atoms with E-state index in [1.807, 2.05) is 18.2 Å². The quantitative estimate of drug-likeness (QED) is 0.772. The first-order chi connectivity index (χ1) is 8.66. The smallest absolute Gasteiger partial charge is 0.211 e. The molecule has 0 atom stereocenters. The molecule has 0 radical (unpaired) electrons. The van der Waals surface area contributed by atoms with Crippen LogP contribution < -0.4 is 0 Å². The number of rotatable bonds is 4. The molecule has 2 rings (SSSR count). The van der Waals surface area contributed by atoms with Crippen molar-refractivity contribution in [2.24, 2.45) is 5.92 Å². The Morgan fingerprint density at radius 1 is 1.28 bits per heavy atom. The van der Waals surface area contributed by atoms with Crippen LogP contribution >= 0.6 is 0 Å². The molecule has 18 heavy (non-hydrogen) atoms. The lowest BCUT2D eigenvalue weighted by Crippen LogP contribution is -2.05. The van der Waals surface area contributed by atoms with E-state index in [4.69, 9.17) is 0 Å². The number of nitrogens with zero attached hydrogens (tertiary/aromatic N) is 2. The van der Waals surface area contributed by atoms with Gasteiger partial charge in [-0.1, -0.05) is 32.0 Å².